The smallest absolute Gasteiger partial charge is 0.00648 e. The Balaban J connectivity index is 2.66. The van der Waals surface area contributed by atoms with Crippen molar-refractivity contribution in [3.63, 3.8) is 0 Å². The Morgan fingerprint density at radius 2 is 1.83 bits per heavy atom. The lowest BCUT2D eigenvalue weighted by atomic mass is 9.76. The molecule has 1 rings (SSSR count). The van der Waals surface area contributed by atoms with Gasteiger partial charge in [-0.1, -0.05) is 27.7 Å². The average molecular weight is 169 g/mol. The van der Waals surface area contributed by atoms with Crippen molar-refractivity contribution in [2.24, 2.45) is 23.0 Å². The second-order valence-electron chi connectivity index (χ2n) is 5.31. The van der Waals surface area contributed by atoms with E-state index >= 15 is 0 Å². The molecule has 1 nitrogen and oxygen atoms in total. The fraction of sp³-hybridized carbons (Fsp3) is 1.00. The molecule has 1 heteroatoms. The molecule has 1 saturated carbocycles. The molecule has 1 unspecified atom stereocenters. The zero-order chi connectivity index (χ0) is 9.35. The molecule has 0 spiro atoms. The minimum atomic E-state index is 0.439. The normalized spacial score (nSPS) is 42.2. The van der Waals surface area contributed by atoms with Gasteiger partial charge in [-0.25, -0.2) is 0 Å². The third-order valence-electron chi connectivity index (χ3n) is 3.91. The van der Waals surface area contributed by atoms with Gasteiger partial charge in [0.1, 0.15) is 0 Å². The zero-order valence-corrected chi connectivity index (χ0v) is 8.93. The van der Waals surface area contributed by atoms with E-state index in [-0.39, 0.29) is 0 Å². The molecule has 1 aliphatic carbocycles. The van der Waals surface area contributed by atoms with Crippen molar-refractivity contribution in [2.75, 3.05) is 0 Å². The van der Waals surface area contributed by atoms with Crippen LogP contribution in [0.3, 0.4) is 0 Å². The fourth-order valence-electron chi connectivity index (χ4n) is 2.12. The van der Waals surface area contributed by atoms with Crippen LogP contribution in [0.2, 0.25) is 0 Å². The van der Waals surface area contributed by atoms with E-state index in [0.29, 0.717) is 17.4 Å². The highest BCUT2D eigenvalue weighted by molar-refractivity contribution is 4.85. The van der Waals surface area contributed by atoms with Crippen LogP contribution in [0, 0.1) is 17.3 Å². The summed E-state index contributed by atoms with van der Waals surface area (Å²) in [4.78, 5) is 0. The summed E-state index contributed by atoms with van der Waals surface area (Å²) < 4.78 is 0. The first-order valence-corrected chi connectivity index (χ1v) is 5.19. The van der Waals surface area contributed by atoms with Gasteiger partial charge in [0, 0.05) is 6.04 Å². The monoisotopic (exact) mass is 169 g/mol. The van der Waals surface area contributed by atoms with Crippen LogP contribution in [0.15, 0.2) is 0 Å². The van der Waals surface area contributed by atoms with Crippen LogP contribution in [0.5, 0.6) is 0 Å². The first-order chi connectivity index (χ1) is 5.43. The number of hydrogen-bond acceptors (Lipinski definition) is 1. The topological polar surface area (TPSA) is 26.0 Å². The molecule has 72 valence electrons. The molecule has 1 aliphatic rings. The Labute approximate surface area is 76.7 Å². The molecule has 0 bridgehead atoms. The van der Waals surface area contributed by atoms with Gasteiger partial charge in [-0.2, -0.15) is 0 Å². The van der Waals surface area contributed by atoms with Gasteiger partial charge >= 0.3 is 0 Å². The molecule has 0 heterocycles. The van der Waals surface area contributed by atoms with E-state index in [1.807, 2.05) is 0 Å². The van der Waals surface area contributed by atoms with Crippen molar-refractivity contribution in [3.05, 3.63) is 0 Å². The minimum absolute atomic E-state index is 0.439. The average Bonchev–Trinajstić information content (AvgIpc) is 2.05. The van der Waals surface area contributed by atoms with Gasteiger partial charge in [0.2, 0.25) is 0 Å². The molecule has 12 heavy (non-hydrogen) atoms. The second-order valence-corrected chi connectivity index (χ2v) is 5.31. The molecule has 0 amide bonds. The Kier molecular flexibility index (Phi) is 2.82. The van der Waals surface area contributed by atoms with E-state index in [4.69, 9.17) is 5.73 Å². The predicted octanol–water partition coefficient (Wildman–Crippen LogP) is 2.80. The maximum Gasteiger partial charge on any atom is 0.00648 e. The van der Waals surface area contributed by atoms with E-state index in [9.17, 15) is 0 Å². The van der Waals surface area contributed by atoms with Crippen LogP contribution in [-0.2, 0) is 0 Å². The van der Waals surface area contributed by atoms with Crippen molar-refractivity contribution in [2.45, 2.75) is 53.0 Å². The van der Waals surface area contributed by atoms with Crippen molar-refractivity contribution >= 4 is 0 Å². The summed E-state index contributed by atoms with van der Waals surface area (Å²) in [6, 6.07) is 0.439. The molecular formula is C11H23N. The van der Waals surface area contributed by atoms with Gasteiger partial charge < -0.3 is 5.73 Å². The standard InChI is InChI=1S/C11H23N/c1-8-7-9(2)11(3,4)6-5-10(8)12/h8-10H,5-7,12H2,1-4H3/t8?,9-,10-/m0/s1. The molecule has 1 fully saturated rings. The minimum Gasteiger partial charge on any atom is -0.327 e. The third-order valence-corrected chi connectivity index (χ3v) is 3.91. The van der Waals surface area contributed by atoms with Crippen LogP contribution in [0.1, 0.15) is 47.0 Å². The highest BCUT2D eigenvalue weighted by Gasteiger charge is 2.32. The molecule has 0 saturated heterocycles. The first-order valence-electron chi connectivity index (χ1n) is 5.19. The zero-order valence-electron chi connectivity index (χ0n) is 8.93. The molecule has 0 aromatic rings. The van der Waals surface area contributed by atoms with Crippen LogP contribution in [-0.4, -0.2) is 6.04 Å². The number of nitrogens with two attached hydrogens (primary N) is 1. The second kappa shape index (κ2) is 3.37. The van der Waals surface area contributed by atoms with Gasteiger partial charge in [0.15, 0.2) is 0 Å². The van der Waals surface area contributed by atoms with Crippen LogP contribution < -0.4 is 5.73 Å². The molecule has 2 N–H and O–H groups in total. The lowest BCUT2D eigenvalue weighted by Crippen LogP contribution is -2.27. The molecule has 3 atom stereocenters. The maximum absolute atomic E-state index is 6.06. The van der Waals surface area contributed by atoms with Gasteiger partial charge in [0.25, 0.3) is 0 Å². The summed E-state index contributed by atoms with van der Waals surface area (Å²) in [6.07, 6.45) is 3.80. The van der Waals surface area contributed by atoms with Gasteiger partial charge in [0.05, 0.1) is 0 Å². The van der Waals surface area contributed by atoms with Crippen LogP contribution in [0.25, 0.3) is 0 Å². The van der Waals surface area contributed by atoms with Crippen molar-refractivity contribution in [1.82, 2.24) is 0 Å². The van der Waals surface area contributed by atoms with Crippen molar-refractivity contribution < 1.29 is 0 Å². The quantitative estimate of drug-likeness (QED) is 0.554. The van der Waals surface area contributed by atoms with E-state index in [2.05, 4.69) is 27.7 Å². The SMILES string of the molecule is CC1C[C@H](C)C(C)(C)CC[C@@H]1N. The fourth-order valence-corrected chi connectivity index (χ4v) is 2.12. The van der Waals surface area contributed by atoms with E-state index in [0.717, 1.165) is 5.92 Å². The summed E-state index contributed by atoms with van der Waals surface area (Å²) in [5.74, 6) is 1.53. The van der Waals surface area contributed by atoms with E-state index < -0.39 is 0 Å². The largest absolute Gasteiger partial charge is 0.327 e. The molecular weight excluding hydrogens is 146 g/mol. The summed E-state index contributed by atoms with van der Waals surface area (Å²) in [5.41, 5.74) is 6.56. The molecule has 0 aromatic heterocycles. The van der Waals surface area contributed by atoms with Crippen LogP contribution >= 0.6 is 0 Å². The summed E-state index contributed by atoms with van der Waals surface area (Å²) in [7, 11) is 0. The predicted molar refractivity (Wildman–Crippen MR) is 53.9 cm³/mol. The van der Waals surface area contributed by atoms with Crippen LogP contribution in [0.4, 0.5) is 0 Å². The Hall–Kier alpha value is -0.0400. The van der Waals surface area contributed by atoms with Gasteiger partial charge in [-0.3, -0.25) is 0 Å². The molecule has 0 radical (unpaired) electrons. The van der Waals surface area contributed by atoms with E-state index in [1.54, 1.807) is 0 Å². The van der Waals surface area contributed by atoms with E-state index in [1.165, 1.54) is 19.3 Å². The van der Waals surface area contributed by atoms with Gasteiger partial charge in [-0.15, -0.1) is 0 Å². The summed E-state index contributed by atoms with van der Waals surface area (Å²) >= 11 is 0. The Morgan fingerprint density at radius 3 is 2.42 bits per heavy atom. The molecule has 0 aromatic carbocycles. The maximum atomic E-state index is 6.06. The highest BCUT2D eigenvalue weighted by Crippen LogP contribution is 2.40. The summed E-state index contributed by atoms with van der Waals surface area (Å²) in [6.45, 7) is 9.42. The third kappa shape index (κ3) is 2.01. The lowest BCUT2D eigenvalue weighted by Gasteiger charge is -2.30. The summed E-state index contributed by atoms with van der Waals surface area (Å²) in [5, 5.41) is 0. The lowest BCUT2D eigenvalue weighted by molar-refractivity contribution is 0.206. The first kappa shape index (κ1) is 10.0. The van der Waals surface area contributed by atoms with Crippen molar-refractivity contribution in [1.29, 1.82) is 0 Å². The van der Waals surface area contributed by atoms with Crippen molar-refractivity contribution in [3.8, 4) is 0 Å². The highest BCUT2D eigenvalue weighted by atomic mass is 14.7. The molecule has 0 aliphatic heterocycles. The Morgan fingerprint density at radius 1 is 1.25 bits per heavy atom. The number of rotatable bonds is 0. The Bertz CT molecular complexity index is 151. The number of hydrogen-bond donors (Lipinski definition) is 1. The van der Waals surface area contributed by atoms with Gasteiger partial charge in [-0.05, 0) is 36.5 Å².